The van der Waals surface area contributed by atoms with Crippen LogP contribution in [-0.2, 0) is 14.8 Å². The highest BCUT2D eigenvalue weighted by Crippen LogP contribution is 2.33. The molecule has 0 radical (unpaired) electrons. The van der Waals surface area contributed by atoms with E-state index in [0.717, 1.165) is 41.5 Å². The number of carbonyl (C=O) groups is 1. The lowest BCUT2D eigenvalue weighted by Crippen LogP contribution is -2.42. The molecule has 0 spiro atoms. The van der Waals surface area contributed by atoms with Gasteiger partial charge in [0.1, 0.15) is 6.10 Å². The summed E-state index contributed by atoms with van der Waals surface area (Å²) in [6, 6.07) is 6.18. The standard InChI is InChI=1S/C25H35N3O5S2/c1-3-5-16-32-25(29)27-12-10-21(11-13-27)33-24-26-22-7-6-20(18-23(22)34-24)19-8-14-28(15-9-19)35(30,31)17-4-2/h6-8,18,21H,3-5,9-17H2,1-2H3. The second kappa shape index (κ2) is 11.7. The molecule has 4 rings (SSSR count). The number of piperidine rings is 1. The first-order valence-electron chi connectivity index (χ1n) is 12.6. The number of thiazole rings is 1. The van der Waals surface area contributed by atoms with Crippen LogP contribution in [0.1, 0.15) is 57.9 Å². The molecule has 1 saturated heterocycles. The summed E-state index contributed by atoms with van der Waals surface area (Å²) in [6.45, 7) is 6.65. The van der Waals surface area contributed by atoms with Crippen molar-refractivity contribution in [3.63, 3.8) is 0 Å². The maximum absolute atomic E-state index is 12.3. The molecule has 0 aliphatic carbocycles. The van der Waals surface area contributed by atoms with Gasteiger partial charge in [-0.15, -0.1) is 0 Å². The predicted molar refractivity (Wildman–Crippen MR) is 139 cm³/mol. The van der Waals surface area contributed by atoms with Crippen LogP contribution in [0.25, 0.3) is 15.8 Å². The van der Waals surface area contributed by atoms with Crippen LogP contribution in [0.3, 0.4) is 0 Å². The normalized spacial score (nSPS) is 18.0. The van der Waals surface area contributed by atoms with Crippen LogP contribution in [0, 0.1) is 0 Å². The van der Waals surface area contributed by atoms with Crippen molar-refractivity contribution < 1.29 is 22.7 Å². The average Bonchev–Trinajstić information content (AvgIpc) is 3.26. The number of nitrogens with zero attached hydrogens (tertiary/aromatic N) is 3. The number of sulfonamides is 1. The minimum absolute atomic E-state index is 0.0341. The van der Waals surface area contributed by atoms with E-state index < -0.39 is 10.0 Å². The molecule has 2 aliphatic rings. The quantitative estimate of drug-likeness (QED) is 0.436. The third-order valence-corrected chi connectivity index (χ3v) is 9.41. The zero-order valence-corrected chi connectivity index (χ0v) is 22.2. The van der Waals surface area contributed by atoms with Crippen molar-refractivity contribution in [2.45, 2.75) is 58.5 Å². The highest BCUT2D eigenvalue weighted by Gasteiger charge is 2.26. The van der Waals surface area contributed by atoms with Crippen LogP contribution in [0.15, 0.2) is 24.3 Å². The molecule has 8 nitrogen and oxygen atoms in total. The van der Waals surface area contributed by atoms with Gasteiger partial charge in [0.15, 0.2) is 0 Å². The number of likely N-dealkylation sites (tertiary alicyclic amines) is 1. The fraction of sp³-hybridized carbons (Fsp3) is 0.600. The van der Waals surface area contributed by atoms with Crippen LogP contribution in [0.4, 0.5) is 4.79 Å². The lowest BCUT2D eigenvalue weighted by atomic mass is 10.0. The largest absolute Gasteiger partial charge is 0.467 e. The highest BCUT2D eigenvalue weighted by atomic mass is 32.2. The van der Waals surface area contributed by atoms with Gasteiger partial charge in [-0.2, -0.15) is 4.31 Å². The van der Waals surface area contributed by atoms with Crippen LogP contribution in [0.2, 0.25) is 0 Å². The molecule has 0 bridgehead atoms. The van der Waals surface area contributed by atoms with Crippen molar-refractivity contribution in [2.75, 3.05) is 38.5 Å². The van der Waals surface area contributed by atoms with Gasteiger partial charge in [-0.1, -0.05) is 43.7 Å². The topological polar surface area (TPSA) is 89.0 Å². The number of rotatable bonds is 9. The summed E-state index contributed by atoms with van der Waals surface area (Å²) < 4.78 is 38.8. The van der Waals surface area contributed by atoms with Crippen molar-refractivity contribution in [1.29, 1.82) is 0 Å². The van der Waals surface area contributed by atoms with E-state index in [0.29, 0.717) is 50.8 Å². The number of hydrogen-bond donors (Lipinski definition) is 0. The van der Waals surface area contributed by atoms with Crippen LogP contribution in [0.5, 0.6) is 5.19 Å². The SMILES string of the molecule is CCCCOC(=O)N1CCC(Oc2nc3ccc(C4=CCN(S(=O)(=O)CCC)CC4)cc3s2)CC1. The Morgan fingerprint density at radius 3 is 2.66 bits per heavy atom. The summed E-state index contributed by atoms with van der Waals surface area (Å²) in [5.74, 6) is 0.202. The van der Waals surface area contributed by atoms with E-state index in [9.17, 15) is 13.2 Å². The summed E-state index contributed by atoms with van der Waals surface area (Å²) in [5.41, 5.74) is 3.17. The van der Waals surface area contributed by atoms with Gasteiger partial charge < -0.3 is 14.4 Å². The Hall–Kier alpha value is -2.17. The number of ether oxygens (including phenoxy) is 2. The van der Waals surface area contributed by atoms with Gasteiger partial charge in [-0.25, -0.2) is 18.2 Å². The van der Waals surface area contributed by atoms with Crippen molar-refractivity contribution in [2.24, 2.45) is 0 Å². The molecule has 1 aromatic carbocycles. The molecule has 0 N–H and O–H groups in total. The van der Waals surface area contributed by atoms with Crippen LogP contribution >= 0.6 is 11.3 Å². The minimum atomic E-state index is -3.16. The molecule has 2 aromatic rings. The summed E-state index contributed by atoms with van der Waals surface area (Å²) in [6.07, 6.45) is 6.58. The third kappa shape index (κ3) is 6.54. The monoisotopic (exact) mass is 521 g/mol. The molecular weight excluding hydrogens is 486 g/mol. The lowest BCUT2D eigenvalue weighted by molar-refractivity contribution is 0.0670. The van der Waals surface area contributed by atoms with Crippen molar-refractivity contribution >= 4 is 43.2 Å². The summed E-state index contributed by atoms with van der Waals surface area (Å²) in [7, 11) is -3.16. The Balaban J connectivity index is 1.34. The van der Waals surface area contributed by atoms with E-state index in [1.54, 1.807) is 9.21 Å². The number of amides is 1. The smallest absolute Gasteiger partial charge is 0.409 e. The maximum Gasteiger partial charge on any atom is 0.409 e. The van der Waals surface area contributed by atoms with E-state index in [2.05, 4.69) is 24.0 Å². The third-order valence-electron chi connectivity index (χ3n) is 6.46. The molecule has 3 heterocycles. The molecule has 0 unspecified atom stereocenters. The van der Waals surface area contributed by atoms with E-state index >= 15 is 0 Å². The fourth-order valence-electron chi connectivity index (χ4n) is 4.40. The van der Waals surface area contributed by atoms with Gasteiger partial charge in [-0.05, 0) is 42.5 Å². The first-order chi connectivity index (χ1) is 16.9. The molecule has 192 valence electrons. The van der Waals surface area contributed by atoms with Crippen LogP contribution in [-0.4, -0.2) is 73.3 Å². The minimum Gasteiger partial charge on any atom is -0.467 e. The molecular formula is C25H35N3O5S2. The Kier molecular flexibility index (Phi) is 8.67. The number of benzene rings is 1. The van der Waals surface area contributed by atoms with Crippen molar-refractivity contribution in [3.05, 3.63) is 29.8 Å². The molecule has 1 fully saturated rings. The van der Waals surface area contributed by atoms with E-state index in [-0.39, 0.29) is 18.0 Å². The maximum atomic E-state index is 12.3. The van der Waals surface area contributed by atoms with Gasteiger partial charge >= 0.3 is 6.09 Å². The molecule has 0 atom stereocenters. The number of unbranched alkanes of at least 4 members (excludes halogenated alkanes) is 1. The first kappa shape index (κ1) is 25.9. The van der Waals surface area contributed by atoms with E-state index in [1.807, 2.05) is 19.1 Å². The number of carbonyl (C=O) groups excluding carboxylic acids is 1. The highest BCUT2D eigenvalue weighted by molar-refractivity contribution is 7.89. The molecule has 35 heavy (non-hydrogen) atoms. The van der Waals surface area contributed by atoms with E-state index in [1.165, 1.54) is 16.9 Å². The Morgan fingerprint density at radius 2 is 1.97 bits per heavy atom. The zero-order chi connectivity index (χ0) is 24.8. The lowest BCUT2D eigenvalue weighted by Gasteiger charge is -2.30. The summed E-state index contributed by atoms with van der Waals surface area (Å²) in [5, 5.41) is 0.649. The second-order valence-corrected chi connectivity index (χ2v) is 12.2. The molecule has 0 saturated carbocycles. The summed E-state index contributed by atoms with van der Waals surface area (Å²) >= 11 is 1.53. The van der Waals surface area contributed by atoms with Gasteiger partial charge in [0.25, 0.3) is 5.19 Å². The molecule has 10 heteroatoms. The van der Waals surface area contributed by atoms with Gasteiger partial charge in [0, 0.05) is 39.0 Å². The second-order valence-electron chi connectivity index (χ2n) is 9.09. The number of hydrogen-bond acceptors (Lipinski definition) is 7. The number of fused-ring (bicyclic) bond motifs is 1. The first-order valence-corrected chi connectivity index (χ1v) is 15.0. The number of aromatic nitrogens is 1. The van der Waals surface area contributed by atoms with E-state index in [4.69, 9.17) is 9.47 Å². The van der Waals surface area contributed by atoms with Gasteiger partial charge in [-0.3, -0.25) is 0 Å². The fourth-order valence-corrected chi connectivity index (χ4v) is 6.77. The Morgan fingerprint density at radius 1 is 1.17 bits per heavy atom. The average molecular weight is 522 g/mol. The van der Waals surface area contributed by atoms with Crippen molar-refractivity contribution in [1.82, 2.24) is 14.2 Å². The molecule has 1 aromatic heterocycles. The molecule has 1 amide bonds. The van der Waals surface area contributed by atoms with Crippen molar-refractivity contribution in [3.8, 4) is 5.19 Å². The zero-order valence-electron chi connectivity index (χ0n) is 20.6. The van der Waals surface area contributed by atoms with Crippen LogP contribution < -0.4 is 4.74 Å². The molecule has 2 aliphatic heterocycles. The summed E-state index contributed by atoms with van der Waals surface area (Å²) in [4.78, 5) is 18.5. The Bertz CT molecular complexity index is 1150. The van der Waals surface area contributed by atoms with Gasteiger partial charge in [0.2, 0.25) is 10.0 Å². The predicted octanol–water partition coefficient (Wildman–Crippen LogP) is 4.91. The Labute approximate surface area is 212 Å². The van der Waals surface area contributed by atoms with Gasteiger partial charge in [0.05, 0.1) is 22.6 Å².